The van der Waals surface area contributed by atoms with Crippen LogP contribution in [0.3, 0.4) is 0 Å². The fourth-order valence-corrected chi connectivity index (χ4v) is 2.90. The fourth-order valence-electron chi connectivity index (χ4n) is 2.45. The molecule has 1 aliphatic rings. The van der Waals surface area contributed by atoms with Gasteiger partial charge in [0.2, 0.25) is 0 Å². The highest BCUT2D eigenvalue weighted by Crippen LogP contribution is 2.17. The van der Waals surface area contributed by atoms with Crippen LogP contribution in [0.15, 0.2) is 15.5 Å². The molecule has 0 unspecified atom stereocenters. The van der Waals surface area contributed by atoms with Gasteiger partial charge in [0.1, 0.15) is 4.47 Å². The Morgan fingerprint density at radius 1 is 1.60 bits per heavy atom. The normalized spacial score (nSPS) is 18.7. The van der Waals surface area contributed by atoms with Crippen molar-refractivity contribution < 1.29 is 0 Å². The van der Waals surface area contributed by atoms with Crippen LogP contribution >= 0.6 is 15.9 Å². The molecule has 1 fully saturated rings. The first-order chi connectivity index (χ1) is 9.58. The van der Waals surface area contributed by atoms with Crippen LogP contribution in [0.5, 0.6) is 0 Å². The number of hydrogen-bond donors (Lipinski definition) is 2. The summed E-state index contributed by atoms with van der Waals surface area (Å²) in [6, 6.07) is 0.607. The monoisotopic (exact) mass is 342 g/mol. The average Bonchev–Trinajstić information content (AvgIpc) is 2.90. The second-order valence-electron chi connectivity index (χ2n) is 5.76. The molecule has 2 heterocycles. The molecule has 112 valence electrons. The van der Waals surface area contributed by atoms with Crippen LogP contribution in [0.1, 0.15) is 33.1 Å². The van der Waals surface area contributed by atoms with E-state index in [1.807, 2.05) is 0 Å². The van der Waals surface area contributed by atoms with E-state index in [0.29, 0.717) is 23.0 Å². The number of halogens is 1. The van der Waals surface area contributed by atoms with E-state index >= 15 is 0 Å². The SMILES string of the molecule is CC(C)Cn1ncc(NCC[C@@H]2CCCN2)c(Br)c1=O. The summed E-state index contributed by atoms with van der Waals surface area (Å²) in [5.41, 5.74) is 0.718. The second kappa shape index (κ2) is 7.22. The number of nitrogens with zero attached hydrogens (tertiary/aromatic N) is 2. The first-order valence-electron chi connectivity index (χ1n) is 7.31. The van der Waals surface area contributed by atoms with Crippen LogP contribution < -0.4 is 16.2 Å². The van der Waals surface area contributed by atoms with Gasteiger partial charge in [-0.1, -0.05) is 13.8 Å². The van der Waals surface area contributed by atoms with Crippen LogP contribution in [0, 0.1) is 5.92 Å². The van der Waals surface area contributed by atoms with Crippen molar-refractivity contribution in [2.24, 2.45) is 5.92 Å². The van der Waals surface area contributed by atoms with Crippen molar-refractivity contribution in [1.82, 2.24) is 15.1 Å². The first kappa shape index (κ1) is 15.5. The molecule has 0 radical (unpaired) electrons. The lowest BCUT2D eigenvalue weighted by molar-refractivity contribution is 0.462. The number of aromatic nitrogens is 2. The summed E-state index contributed by atoms with van der Waals surface area (Å²) in [6.07, 6.45) is 5.32. The molecule has 1 aromatic heterocycles. The lowest BCUT2D eigenvalue weighted by Gasteiger charge is -2.13. The molecule has 2 rings (SSSR count). The standard InChI is InChI=1S/C14H23BrN4O/c1-10(2)9-19-14(20)13(15)12(8-18-19)17-7-5-11-4-3-6-16-11/h8,10-11,16-17H,3-7,9H2,1-2H3/t11-/m0/s1. The lowest BCUT2D eigenvalue weighted by atomic mass is 10.1. The van der Waals surface area contributed by atoms with Gasteiger partial charge in [0.15, 0.2) is 0 Å². The van der Waals surface area contributed by atoms with E-state index < -0.39 is 0 Å². The van der Waals surface area contributed by atoms with Crippen LogP contribution in [-0.4, -0.2) is 28.9 Å². The molecule has 5 nitrogen and oxygen atoms in total. The number of anilines is 1. The van der Waals surface area contributed by atoms with Gasteiger partial charge in [-0.2, -0.15) is 5.10 Å². The molecule has 0 aliphatic carbocycles. The molecule has 1 saturated heterocycles. The zero-order chi connectivity index (χ0) is 14.5. The minimum absolute atomic E-state index is 0.0670. The molecule has 1 aromatic rings. The van der Waals surface area contributed by atoms with Gasteiger partial charge in [-0.3, -0.25) is 4.79 Å². The summed E-state index contributed by atoms with van der Waals surface area (Å²) in [5, 5.41) is 11.0. The number of rotatable bonds is 6. The van der Waals surface area contributed by atoms with E-state index in [1.165, 1.54) is 17.5 Å². The molecule has 20 heavy (non-hydrogen) atoms. The lowest BCUT2D eigenvalue weighted by Crippen LogP contribution is -2.27. The third-order valence-corrected chi connectivity index (χ3v) is 4.26. The second-order valence-corrected chi connectivity index (χ2v) is 6.56. The number of nitrogens with one attached hydrogen (secondary N) is 2. The predicted octanol–water partition coefficient (Wildman–Crippen LogP) is 2.22. The van der Waals surface area contributed by atoms with E-state index in [-0.39, 0.29) is 5.56 Å². The highest BCUT2D eigenvalue weighted by Gasteiger charge is 2.14. The summed E-state index contributed by atoms with van der Waals surface area (Å²) < 4.78 is 2.09. The Morgan fingerprint density at radius 3 is 3.05 bits per heavy atom. The third kappa shape index (κ3) is 4.06. The van der Waals surface area contributed by atoms with Gasteiger partial charge in [0.05, 0.1) is 11.9 Å². The van der Waals surface area contributed by atoms with Gasteiger partial charge in [0.25, 0.3) is 5.56 Å². The van der Waals surface area contributed by atoms with Crippen molar-refractivity contribution in [3.05, 3.63) is 21.0 Å². The van der Waals surface area contributed by atoms with Crippen LogP contribution in [0.25, 0.3) is 0 Å². The van der Waals surface area contributed by atoms with E-state index in [2.05, 4.69) is 45.5 Å². The molecule has 0 saturated carbocycles. The highest BCUT2D eigenvalue weighted by molar-refractivity contribution is 9.10. The minimum atomic E-state index is -0.0670. The molecule has 1 atom stereocenters. The fraction of sp³-hybridized carbons (Fsp3) is 0.714. The molecule has 0 spiro atoms. The van der Waals surface area contributed by atoms with Crippen molar-refractivity contribution in [1.29, 1.82) is 0 Å². The van der Waals surface area contributed by atoms with Gasteiger partial charge in [0, 0.05) is 19.1 Å². The Balaban J connectivity index is 1.94. The largest absolute Gasteiger partial charge is 0.383 e. The highest BCUT2D eigenvalue weighted by atomic mass is 79.9. The smallest absolute Gasteiger partial charge is 0.283 e. The predicted molar refractivity (Wildman–Crippen MR) is 85.2 cm³/mol. The summed E-state index contributed by atoms with van der Waals surface area (Å²) in [7, 11) is 0. The van der Waals surface area contributed by atoms with Gasteiger partial charge in [-0.25, -0.2) is 4.68 Å². The van der Waals surface area contributed by atoms with Crippen molar-refractivity contribution in [3.63, 3.8) is 0 Å². The van der Waals surface area contributed by atoms with E-state index in [0.717, 1.165) is 25.2 Å². The summed E-state index contributed by atoms with van der Waals surface area (Å²) in [6.45, 7) is 6.77. The van der Waals surface area contributed by atoms with Gasteiger partial charge in [-0.05, 0) is 47.7 Å². The van der Waals surface area contributed by atoms with Crippen LogP contribution in [0.2, 0.25) is 0 Å². The van der Waals surface area contributed by atoms with Crippen LogP contribution in [0.4, 0.5) is 5.69 Å². The Bertz CT molecular complexity index is 494. The Hall–Kier alpha value is -0.880. The summed E-state index contributed by atoms with van der Waals surface area (Å²) in [5.74, 6) is 0.402. The first-order valence-corrected chi connectivity index (χ1v) is 8.10. The maximum atomic E-state index is 12.1. The number of hydrogen-bond acceptors (Lipinski definition) is 4. The molecule has 6 heteroatoms. The topological polar surface area (TPSA) is 59.0 Å². The summed E-state index contributed by atoms with van der Waals surface area (Å²) >= 11 is 3.38. The van der Waals surface area contributed by atoms with E-state index in [9.17, 15) is 4.79 Å². The van der Waals surface area contributed by atoms with Crippen LogP contribution in [-0.2, 0) is 6.54 Å². The molecular weight excluding hydrogens is 320 g/mol. The Morgan fingerprint density at radius 2 is 2.40 bits per heavy atom. The molecule has 0 bridgehead atoms. The average molecular weight is 343 g/mol. The van der Waals surface area contributed by atoms with Gasteiger partial charge < -0.3 is 10.6 Å². The Labute approximate surface area is 128 Å². The Kier molecular flexibility index (Phi) is 5.60. The third-order valence-electron chi connectivity index (χ3n) is 3.49. The van der Waals surface area contributed by atoms with Crippen molar-refractivity contribution in [2.75, 3.05) is 18.4 Å². The van der Waals surface area contributed by atoms with Gasteiger partial charge >= 0.3 is 0 Å². The van der Waals surface area contributed by atoms with E-state index in [4.69, 9.17) is 0 Å². The zero-order valence-corrected chi connectivity index (χ0v) is 13.7. The van der Waals surface area contributed by atoms with Crippen molar-refractivity contribution in [3.8, 4) is 0 Å². The molecule has 0 aromatic carbocycles. The van der Waals surface area contributed by atoms with Gasteiger partial charge in [-0.15, -0.1) is 0 Å². The summed E-state index contributed by atoms with van der Waals surface area (Å²) in [4.78, 5) is 12.1. The maximum Gasteiger partial charge on any atom is 0.283 e. The molecule has 0 amide bonds. The molecule has 2 N–H and O–H groups in total. The molecule has 1 aliphatic heterocycles. The van der Waals surface area contributed by atoms with Crippen molar-refractivity contribution in [2.45, 2.75) is 45.7 Å². The molecular formula is C14H23BrN4O. The quantitative estimate of drug-likeness (QED) is 0.832. The van der Waals surface area contributed by atoms with E-state index in [1.54, 1.807) is 6.20 Å². The maximum absolute atomic E-state index is 12.1. The minimum Gasteiger partial charge on any atom is -0.383 e. The van der Waals surface area contributed by atoms with Crippen molar-refractivity contribution >= 4 is 21.6 Å². The zero-order valence-electron chi connectivity index (χ0n) is 12.2.